The van der Waals surface area contributed by atoms with Crippen LogP contribution in [-0.2, 0) is 6.42 Å². The first-order chi connectivity index (χ1) is 10.9. The number of nitrogens with one attached hydrogen (secondary N) is 1. The maximum Gasteiger partial charge on any atom is 0.270 e. The number of carbonyl (C=O) groups excluding carboxylic acids is 1. The largest absolute Gasteiger partial charge is 0.396 e. The van der Waals surface area contributed by atoms with Crippen LogP contribution in [0.15, 0.2) is 29.6 Å². The highest BCUT2D eigenvalue weighted by atomic mass is 32.1. The Labute approximate surface area is 141 Å². The summed E-state index contributed by atoms with van der Waals surface area (Å²) in [6.07, 6.45) is 1.40. The van der Waals surface area contributed by atoms with Crippen molar-refractivity contribution in [3.63, 3.8) is 0 Å². The number of carbonyl (C=O) groups is 1. The zero-order chi connectivity index (χ0) is 16.9. The third-order valence-electron chi connectivity index (χ3n) is 3.78. The Hall–Kier alpha value is -1.72. The number of hydrogen-bond donors (Lipinski definition) is 2. The second kappa shape index (κ2) is 7.70. The minimum atomic E-state index is -0.151. The summed E-state index contributed by atoms with van der Waals surface area (Å²) in [5, 5.41) is 14.7. The van der Waals surface area contributed by atoms with Gasteiger partial charge in [-0.15, -0.1) is 11.3 Å². The number of aryl methyl sites for hydroxylation is 1. The van der Waals surface area contributed by atoms with E-state index in [-0.39, 0.29) is 17.9 Å². The van der Waals surface area contributed by atoms with Crippen LogP contribution in [0.3, 0.4) is 0 Å². The zero-order valence-electron chi connectivity index (χ0n) is 13.9. The summed E-state index contributed by atoms with van der Waals surface area (Å²) >= 11 is 1.51. The molecule has 124 valence electrons. The van der Waals surface area contributed by atoms with Crippen LogP contribution in [0.4, 0.5) is 0 Å². The summed E-state index contributed by atoms with van der Waals surface area (Å²) in [4.78, 5) is 16.6. The lowest BCUT2D eigenvalue weighted by Gasteiger charge is -2.23. The average molecular weight is 332 g/mol. The number of benzene rings is 1. The Balaban J connectivity index is 1.93. The Kier molecular flexibility index (Phi) is 5.91. The van der Waals surface area contributed by atoms with Gasteiger partial charge in [-0.25, -0.2) is 4.98 Å². The monoisotopic (exact) mass is 332 g/mol. The molecule has 0 unspecified atom stereocenters. The Morgan fingerprint density at radius 2 is 2.00 bits per heavy atom. The standard InChI is InChI=1S/C18H24N2O2S/c1-13-4-6-14(7-5-13)10-16-20-15(11-23-16)17(22)19-12-18(2,3)8-9-21/h4-7,11,21H,8-10,12H2,1-3H3,(H,19,22). The lowest BCUT2D eigenvalue weighted by atomic mass is 9.90. The quantitative estimate of drug-likeness (QED) is 0.818. The second-order valence-corrected chi connectivity index (χ2v) is 7.55. The maximum atomic E-state index is 12.2. The van der Waals surface area contributed by atoms with E-state index in [1.165, 1.54) is 22.5 Å². The molecule has 2 rings (SSSR count). The molecular formula is C18H24N2O2S. The molecule has 2 aromatic rings. The Morgan fingerprint density at radius 3 is 2.65 bits per heavy atom. The zero-order valence-corrected chi connectivity index (χ0v) is 14.7. The third kappa shape index (κ3) is 5.44. The Bertz CT molecular complexity index is 647. The lowest BCUT2D eigenvalue weighted by molar-refractivity contribution is 0.0923. The average Bonchev–Trinajstić information content (AvgIpc) is 2.96. The van der Waals surface area contributed by atoms with Gasteiger partial charge in [0.05, 0.1) is 5.01 Å². The summed E-state index contributed by atoms with van der Waals surface area (Å²) in [6, 6.07) is 8.35. The van der Waals surface area contributed by atoms with Crippen molar-refractivity contribution in [3.05, 3.63) is 51.5 Å². The highest BCUT2D eigenvalue weighted by Gasteiger charge is 2.19. The predicted molar refractivity (Wildman–Crippen MR) is 93.9 cm³/mol. The van der Waals surface area contributed by atoms with E-state index >= 15 is 0 Å². The van der Waals surface area contributed by atoms with Crippen LogP contribution in [0.1, 0.15) is 46.9 Å². The highest BCUT2D eigenvalue weighted by Crippen LogP contribution is 2.19. The van der Waals surface area contributed by atoms with Gasteiger partial charge in [-0.2, -0.15) is 0 Å². The first kappa shape index (κ1) is 17.6. The molecule has 0 bridgehead atoms. The highest BCUT2D eigenvalue weighted by molar-refractivity contribution is 7.09. The van der Waals surface area contributed by atoms with Gasteiger partial charge in [-0.3, -0.25) is 4.79 Å². The fraction of sp³-hybridized carbons (Fsp3) is 0.444. The molecule has 1 amide bonds. The van der Waals surface area contributed by atoms with Crippen molar-refractivity contribution < 1.29 is 9.90 Å². The fourth-order valence-corrected chi connectivity index (χ4v) is 2.99. The molecule has 0 atom stereocenters. The van der Waals surface area contributed by atoms with Crippen molar-refractivity contribution in [1.82, 2.24) is 10.3 Å². The van der Waals surface area contributed by atoms with E-state index in [1.807, 2.05) is 13.8 Å². The first-order valence-corrected chi connectivity index (χ1v) is 8.66. The molecule has 0 saturated carbocycles. The van der Waals surface area contributed by atoms with E-state index in [9.17, 15) is 4.79 Å². The minimum absolute atomic E-state index is 0.120. The van der Waals surface area contributed by atoms with Gasteiger partial charge in [0.2, 0.25) is 0 Å². The molecule has 5 heteroatoms. The van der Waals surface area contributed by atoms with Crippen molar-refractivity contribution in [2.24, 2.45) is 5.41 Å². The van der Waals surface area contributed by atoms with E-state index in [0.29, 0.717) is 18.7 Å². The first-order valence-electron chi connectivity index (χ1n) is 7.79. The van der Waals surface area contributed by atoms with Gasteiger partial charge in [-0.05, 0) is 24.3 Å². The normalized spacial score (nSPS) is 11.5. The van der Waals surface area contributed by atoms with Gasteiger partial charge in [-0.1, -0.05) is 43.7 Å². The molecule has 0 fully saturated rings. The minimum Gasteiger partial charge on any atom is -0.396 e. The number of hydrogen-bond acceptors (Lipinski definition) is 4. The van der Waals surface area contributed by atoms with Crippen molar-refractivity contribution >= 4 is 17.2 Å². The van der Waals surface area contributed by atoms with E-state index in [4.69, 9.17) is 5.11 Å². The summed E-state index contributed by atoms with van der Waals surface area (Å²) in [5.74, 6) is -0.151. The third-order valence-corrected chi connectivity index (χ3v) is 4.63. The molecule has 1 heterocycles. The van der Waals surface area contributed by atoms with Crippen LogP contribution in [-0.4, -0.2) is 29.1 Å². The topological polar surface area (TPSA) is 62.2 Å². The SMILES string of the molecule is Cc1ccc(Cc2nc(C(=O)NCC(C)(C)CCO)cs2)cc1. The molecule has 4 nitrogen and oxygen atoms in total. The van der Waals surface area contributed by atoms with Crippen LogP contribution in [0, 0.1) is 12.3 Å². The maximum absolute atomic E-state index is 12.2. The molecule has 1 aromatic heterocycles. The fourth-order valence-electron chi connectivity index (χ4n) is 2.18. The number of aliphatic hydroxyl groups is 1. The van der Waals surface area contributed by atoms with Crippen LogP contribution in [0.25, 0.3) is 0 Å². The van der Waals surface area contributed by atoms with Crippen molar-refractivity contribution in [3.8, 4) is 0 Å². The number of amides is 1. The van der Waals surface area contributed by atoms with Gasteiger partial charge >= 0.3 is 0 Å². The summed E-state index contributed by atoms with van der Waals surface area (Å²) in [6.45, 7) is 6.76. The predicted octanol–water partition coefficient (Wildman–Crippen LogP) is 3.18. The molecule has 0 radical (unpaired) electrons. The van der Waals surface area contributed by atoms with Gasteiger partial charge in [0.1, 0.15) is 5.69 Å². The molecule has 0 spiro atoms. The summed E-state index contributed by atoms with van der Waals surface area (Å²) in [7, 11) is 0. The van der Waals surface area contributed by atoms with Crippen LogP contribution in [0.5, 0.6) is 0 Å². The van der Waals surface area contributed by atoms with Gasteiger partial charge < -0.3 is 10.4 Å². The number of thiazole rings is 1. The molecular weight excluding hydrogens is 308 g/mol. The van der Waals surface area contributed by atoms with Crippen LogP contribution >= 0.6 is 11.3 Å². The van der Waals surface area contributed by atoms with Gasteiger partial charge in [0.25, 0.3) is 5.91 Å². The summed E-state index contributed by atoms with van der Waals surface area (Å²) < 4.78 is 0. The molecule has 0 aliphatic carbocycles. The van der Waals surface area contributed by atoms with E-state index < -0.39 is 0 Å². The Morgan fingerprint density at radius 1 is 1.30 bits per heavy atom. The molecule has 0 aliphatic rings. The summed E-state index contributed by atoms with van der Waals surface area (Å²) in [5.41, 5.74) is 2.78. The van der Waals surface area contributed by atoms with Gasteiger partial charge in [0, 0.05) is 25.0 Å². The van der Waals surface area contributed by atoms with E-state index in [2.05, 4.69) is 41.5 Å². The molecule has 0 saturated heterocycles. The second-order valence-electron chi connectivity index (χ2n) is 6.61. The molecule has 0 aliphatic heterocycles. The lowest BCUT2D eigenvalue weighted by Crippen LogP contribution is -2.34. The number of rotatable bonds is 7. The number of aliphatic hydroxyl groups excluding tert-OH is 1. The van der Waals surface area contributed by atoms with Crippen LogP contribution in [0.2, 0.25) is 0 Å². The number of nitrogens with zero attached hydrogens (tertiary/aromatic N) is 1. The number of aromatic nitrogens is 1. The van der Waals surface area contributed by atoms with E-state index in [0.717, 1.165) is 11.4 Å². The van der Waals surface area contributed by atoms with Crippen molar-refractivity contribution in [2.75, 3.05) is 13.2 Å². The smallest absolute Gasteiger partial charge is 0.270 e. The van der Waals surface area contributed by atoms with Crippen molar-refractivity contribution in [2.45, 2.75) is 33.6 Å². The molecule has 2 N–H and O–H groups in total. The van der Waals surface area contributed by atoms with E-state index in [1.54, 1.807) is 5.38 Å². The van der Waals surface area contributed by atoms with Gasteiger partial charge in [0.15, 0.2) is 0 Å². The van der Waals surface area contributed by atoms with Crippen LogP contribution < -0.4 is 5.32 Å². The molecule has 1 aromatic carbocycles. The molecule has 23 heavy (non-hydrogen) atoms. The van der Waals surface area contributed by atoms with Crippen molar-refractivity contribution in [1.29, 1.82) is 0 Å².